The van der Waals surface area contributed by atoms with Gasteiger partial charge in [-0.1, -0.05) is 54.6 Å². The van der Waals surface area contributed by atoms with Gasteiger partial charge in [-0.2, -0.15) is 0 Å². The van der Waals surface area contributed by atoms with Gasteiger partial charge >= 0.3 is 0 Å². The topological polar surface area (TPSA) is 40.5 Å². The Bertz CT molecular complexity index is 705. The first kappa shape index (κ1) is 18.7. The maximum Gasteiger partial charge on any atom is 0.223 e. The van der Waals surface area contributed by atoms with E-state index in [0.29, 0.717) is 12.3 Å². The SMILES string of the molecule is Cc1ccccc1[C@@H](CC(=O)N1CCC(CCO)CC1)c1ccccc1. The molecule has 0 aromatic heterocycles. The van der Waals surface area contributed by atoms with Crippen LogP contribution in [0.5, 0.6) is 0 Å². The molecule has 0 unspecified atom stereocenters. The van der Waals surface area contributed by atoms with E-state index in [2.05, 4.69) is 43.3 Å². The molecule has 138 valence electrons. The highest BCUT2D eigenvalue weighted by atomic mass is 16.3. The largest absolute Gasteiger partial charge is 0.396 e. The average molecular weight is 351 g/mol. The molecule has 1 saturated heterocycles. The Morgan fingerprint density at radius 3 is 2.38 bits per heavy atom. The minimum atomic E-state index is 0.0973. The second kappa shape index (κ2) is 9.00. The fourth-order valence-corrected chi connectivity index (χ4v) is 4.03. The number of likely N-dealkylation sites (tertiary alicyclic amines) is 1. The van der Waals surface area contributed by atoms with Gasteiger partial charge in [-0.3, -0.25) is 4.79 Å². The van der Waals surface area contributed by atoms with E-state index >= 15 is 0 Å². The van der Waals surface area contributed by atoms with Crippen LogP contribution in [0.3, 0.4) is 0 Å². The monoisotopic (exact) mass is 351 g/mol. The number of aryl methyl sites for hydroxylation is 1. The Morgan fingerprint density at radius 1 is 1.08 bits per heavy atom. The van der Waals surface area contributed by atoms with Crippen molar-refractivity contribution >= 4 is 5.91 Å². The van der Waals surface area contributed by atoms with Crippen molar-refractivity contribution in [3.63, 3.8) is 0 Å². The van der Waals surface area contributed by atoms with Crippen molar-refractivity contribution in [3.8, 4) is 0 Å². The zero-order chi connectivity index (χ0) is 18.4. The van der Waals surface area contributed by atoms with E-state index < -0.39 is 0 Å². The molecule has 1 aliphatic rings. The van der Waals surface area contributed by atoms with Gasteiger partial charge in [-0.25, -0.2) is 0 Å². The Labute approximate surface area is 156 Å². The Kier molecular flexibility index (Phi) is 6.45. The number of rotatable bonds is 6. The molecule has 0 spiro atoms. The van der Waals surface area contributed by atoms with E-state index in [0.717, 1.165) is 32.4 Å². The van der Waals surface area contributed by atoms with Gasteiger partial charge in [0, 0.05) is 32.0 Å². The van der Waals surface area contributed by atoms with Crippen molar-refractivity contribution in [1.82, 2.24) is 4.90 Å². The number of carbonyl (C=O) groups excluding carboxylic acids is 1. The third-order valence-electron chi connectivity index (χ3n) is 5.65. The quantitative estimate of drug-likeness (QED) is 0.850. The zero-order valence-electron chi connectivity index (χ0n) is 15.6. The Balaban J connectivity index is 1.74. The van der Waals surface area contributed by atoms with Gasteiger partial charge in [-0.05, 0) is 48.8 Å². The van der Waals surface area contributed by atoms with Gasteiger partial charge < -0.3 is 10.0 Å². The molecule has 0 aliphatic carbocycles. The van der Waals surface area contributed by atoms with Crippen LogP contribution in [0.4, 0.5) is 0 Å². The summed E-state index contributed by atoms with van der Waals surface area (Å²) in [6.45, 7) is 4.01. The third-order valence-corrected chi connectivity index (χ3v) is 5.65. The van der Waals surface area contributed by atoms with Gasteiger partial charge in [-0.15, -0.1) is 0 Å². The minimum Gasteiger partial charge on any atom is -0.396 e. The van der Waals surface area contributed by atoms with Crippen LogP contribution in [-0.2, 0) is 4.79 Å². The lowest BCUT2D eigenvalue weighted by Crippen LogP contribution is -2.39. The number of benzene rings is 2. The molecule has 0 radical (unpaired) electrons. The summed E-state index contributed by atoms with van der Waals surface area (Å²) in [5.74, 6) is 0.898. The first-order valence-corrected chi connectivity index (χ1v) is 9.68. The second-order valence-corrected chi connectivity index (χ2v) is 7.36. The molecular weight excluding hydrogens is 322 g/mol. The van der Waals surface area contributed by atoms with Crippen LogP contribution in [0.25, 0.3) is 0 Å². The fourth-order valence-electron chi connectivity index (χ4n) is 4.03. The summed E-state index contributed by atoms with van der Waals surface area (Å²) in [4.78, 5) is 15.0. The normalized spacial score (nSPS) is 16.5. The summed E-state index contributed by atoms with van der Waals surface area (Å²) in [5.41, 5.74) is 3.67. The summed E-state index contributed by atoms with van der Waals surface area (Å²) in [6, 6.07) is 18.7. The maximum absolute atomic E-state index is 13.0. The van der Waals surface area contributed by atoms with E-state index in [1.165, 1.54) is 16.7 Å². The second-order valence-electron chi connectivity index (χ2n) is 7.36. The van der Waals surface area contributed by atoms with Crippen LogP contribution in [0.2, 0.25) is 0 Å². The molecule has 1 heterocycles. The van der Waals surface area contributed by atoms with E-state index in [9.17, 15) is 4.79 Å². The van der Waals surface area contributed by atoms with Gasteiger partial charge in [0.25, 0.3) is 0 Å². The van der Waals surface area contributed by atoms with E-state index in [1.54, 1.807) is 0 Å². The highest BCUT2D eigenvalue weighted by Gasteiger charge is 2.26. The molecule has 1 fully saturated rings. The molecular formula is C23H29NO2. The van der Waals surface area contributed by atoms with Crippen molar-refractivity contribution in [1.29, 1.82) is 0 Å². The molecule has 1 atom stereocenters. The summed E-state index contributed by atoms with van der Waals surface area (Å²) in [7, 11) is 0. The standard InChI is InChI=1S/C23H29NO2/c1-18-7-5-6-10-21(18)22(20-8-3-2-4-9-20)17-23(26)24-14-11-19(12-15-24)13-16-25/h2-10,19,22,25H,11-17H2,1H3/t22-/m0/s1. The van der Waals surface area contributed by atoms with Crippen molar-refractivity contribution in [2.75, 3.05) is 19.7 Å². The number of amides is 1. The van der Waals surface area contributed by atoms with Crippen LogP contribution in [0.15, 0.2) is 54.6 Å². The number of piperidine rings is 1. The number of hydrogen-bond donors (Lipinski definition) is 1. The van der Waals surface area contributed by atoms with E-state index in [-0.39, 0.29) is 18.4 Å². The van der Waals surface area contributed by atoms with Crippen LogP contribution >= 0.6 is 0 Å². The maximum atomic E-state index is 13.0. The molecule has 0 saturated carbocycles. The summed E-state index contributed by atoms with van der Waals surface area (Å²) < 4.78 is 0. The lowest BCUT2D eigenvalue weighted by atomic mass is 9.85. The Hall–Kier alpha value is -2.13. The predicted octanol–water partition coefficient (Wildman–Crippen LogP) is 4.14. The lowest BCUT2D eigenvalue weighted by molar-refractivity contribution is -0.132. The van der Waals surface area contributed by atoms with Crippen LogP contribution in [0.1, 0.15) is 48.3 Å². The van der Waals surface area contributed by atoms with Gasteiger partial charge in [0.2, 0.25) is 5.91 Å². The molecule has 3 heteroatoms. The minimum absolute atomic E-state index is 0.0973. The smallest absolute Gasteiger partial charge is 0.223 e. The number of hydrogen-bond acceptors (Lipinski definition) is 2. The van der Waals surface area contributed by atoms with Crippen LogP contribution in [0, 0.1) is 12.8 Å². The molecule has 0 bridgehead atoms. The molecule has 26 heavy (non-hydrogen) atoms. The summed E-state index contributed by atoms with van der Waals surface area (Å²) in [5, 5.41) is 9.11. The summed E-state index contributed by atoms with van der Waals surface area (Å²) >= 11 is 0. The molecule has 1 aliphatic heterocycles. The van der Waals surface area contributed by atoms with Gasteiger partial charge in [0.1, 0.15) is 0 Å². The fraction of sp³-hybridized carbons (Fsp3) is 0.435. The summed E-state index contributed by atoms with van der Waals surface area (Å²) in [6.07, 6.45) is 3.39. The third kappa shape index (κ3) is 4.53. The number of aliphatic hydroxyl groups is 1. The van der Waals surface area contributed by atoms with Gasteiger partial charge in [0.15, 0.2) is 0 Å². The highest BCUT2D eigenvalue weighted by molar-refractivity contribution is 5.78. The van der Waals surface area contributed by atoms with Gasteiger partial charge in [0.05, 0.1) is 0 Å². The molecule has 1 N–H and O–H groups in total. The molecule has 3 rings (SSSR count). The molecule has 2 aromatic carbocycles. The van der Waals surface area contributed by atoms with Crippen molar-refractivity contribution in [2.45, 2.75) is 38.5 Å². The number of carbonyl (C=O) groups is 1. The van der Waals surface area contributed by atoms with Crippen molar-refractivity contribution in [2.24, 2.45) is 5.92 Å². The number of aliphatic hydroxyl groups excluding tert-OH is 1. The number of nitrogens with zero attached hydrogens (tertiary/aromatic N) is 1. The lowest BCUT2D eigenvalue weighted by Gasteiger charge is -2.33. The predicted molar refractivity (Wildman–Crippen MR) is 105 cm³/mol. The molecule has 3 nitrogen and oxygen atoms in total. The Morgan fingerprint density at radius 2 is 1.73 bits per heavy atom. The van der Waals surface area contributed by atoms with E-state index in [1.807, 2.05) is 23.1 Å². The van der Waals surface area contributed by atoms with E-state index in [4.69, 9.17) is 5.11 Å². The first-order valence-electron chi connectivity index (χ1n) is 9.68. The van der Waals surface area contributed by atoms with Crippen molar-refractivity contribution in [3.05, 3.63) is 71.3 Å². The zero-order valence-corrected chi connectivity index (χ0v) is 15.6. The highest BCUT2D eigenvalue weighted by Crippen LogP contribution is 2.31. The van der Waals surface area contributed by atoms with Crippen LogP contribution in [-0.4, -0.2) is 35.6 Å². The first-order chi connectivity index (χ1) is 12.7. The molecule has 2 aromatic rings. The average Bonchev–Trinajstić information content (AvgIpc) is 2.68. The molecule has 1 amide bonds. The van der Waals surface area contributed by atoms with Crippen LogP contribution < -0.4 is 0 Å². The van der Waals surface area contributed by atoms with Crippen molar-refractivity contribution < 1.29 is 9.90 Å².